The Bertz CT molecular complexity index is 1130. The van der Waals surface area contributed by atoms with Gasteiger partial charge in [0.1, 0.15) is 4.90 Å². The first kappa shape index (κ1) is 22.5. The number of carbonyl (C=O) groups excluding carboxylic acids is 1. The summed E-state index contributed by atoms with van der Waals surface area (Å²) in [5.74, 6) is -0.247. The number of nitrogens with zero attached hydrogens (tertiary/aromatic N) is 4. The van der Waals surface area contributed by atoms with Crippen LogP contribution in [0.25, 0.3) is 0 Å². The zero-order chi connectivity index (χ0) is 22.9. The molecule has 0 unspecified atom stereocenters. The molecule has 0 spiro atoms. The highest BCUT2D eigenvalue weighted by Gasteiger charge is 2.31. The summed E-state index contributed by atoms with van der Waals surface area (Å²) in [6.45, 7) is 2.95. The van der Waals surface area contributed by atoms with Crippen LogP contribution in [0.15, 0.2) is 47.4 Å². The molecule has 2 aromatic rings. The smallest absolute Gasteiger partial charge is 0.269 e. The van der Waals surface area contributed by atoms with Crippen molar-refractivity contribution in [2.75, 3.05) is 44.2 Å². The number of piperazine rings is 1. The summed E-state index contributed by atoms with van der Waals surface area (Å²) in [6.07, 6.45) is 1.63. The number of carbonyl (C=O) groups is 1. The summed E-state index contributed by atoms with van der Waals surface area (Å²) in [5.41, 5.74) is 1.18. The van der Waals surface area contributed by atoms with Crippen LogP contribution >= 0.6 is 11.6 Å². The minimum Gasteiger partial charge on any atom is -0.368 e. The molecule has 0 aromatic heterocycles. The van der Waals surface area contributed by atoms with Gasteiger partial charge in [0.25, 0.3) is 11.6 Å². The third kappa shape index (κ3) is 4.43. The van der Waals surface area contributed by atoms with Gasteiger partial charge in [0.2, 0.25) is 10.0 Å². The molecular weight excluding hydrogens is 456 g/mol. The van der Waals surface area contributed by atoms with Crippen LogP contribution in [0.4, 0.5) is 11.4 Å². The standard InChI is InChI=1S/C21H23ClN4O5S/c22-19-8-3-16(15-20(19)32(30,31)25-9-1-2-10-25)21(27)24-13-11-23(12-14-24)17-4-6-18(7-5-17)26(28)29/h3-8,15H,1-2,9-14H2. The van der Waals surface area contributed by atoms with Gasteiger partial charge in [-0.1, -0.05) is 11.6 Å². The predicted octanol–water partition coefficient (Wildman–Crippen LogP) is 3.00. The van der Waals surface area contributed by atoms with E-state index in [2.05, 4.69) is 4.90 Å². The quantitative estimate of drug-likeness (QED) is 0.483. The number of nitro groups is 1. The molecule has 9 nitrogen and oxygen atoms in total. The highest BCUT2D eigenvalue weighted by molar-refractivity contribution is 7.89. The third-order valence-corrected chi connectivity index (χ3v) is 8.23. The van der Waals surface area contributed by atoms with Crippen LogP contribution in [0.1, 0.15) is 23.2 Å². The summed E-state index contributed by atoms with van der Waals surface area (Å²) < 4.78 is 27.3. The number of rotatable bonds is 5. The molecule has 2 aliphatic rings. The molecule has 2 aromatic carbocycles. The number of hydrogen-bond donors (Lipinski definition) is 0. The van der Waals surface area contributed by atoms with E-state index in [1.54, 1.807) is 23.1 Å². The third-order valence-electron chi connectivity index (χ3n) is 5.85. The minimum atomic E-state index is -3.74. The molecule has 0 aliphatic carbocycles. The first-order valence-electron chi connectivity index (χ1n) is 10.4. The first-order chi connectivity index (χ1) is 15.3. The molecule has 2 saturated heterocycles. The van der Waals surface area contributed by atoms with Gasteiger partial charge in [-0.3, -0.25) is 14.9 Å². The van der Waals surface area contributed by atoms with Crippen LogP contribution in [-0.4, -0.2) is 67.7 Å². The number of hydrogen-bond acceptors (Lipinski definition) is 6. The topological polar surface area (TPSA) is 104 Å². The van der Waals surface area contributed by atoms with Crippen LogP contribution < -0.4 is 4.90 Å². The van der Waals surface area contributed by atoms with E-state index >= 15 is 0 Å². The maximum atomic E-state index is 13.1. The van der Waals surface area contributed by atoms with E-state index in [0.29, 0.717) is 39.3 Å². The Morgan fingerprint density at radius 1 is 0.938 bits per heavy atom. The van der Waals surface area contributed by atoms with E-state index in [1.165, 1.54) is 28.6 Å². The number of amides is 1. The fourth-order valence-corrected chi connectivity index (χ4v) is 6.05. The van der Waals surface area contributed by atoms with E-state index in [-0.39, 0.29) is 27.1 Å². The lowest BCUT2D eigenvalue weighted by atomic mass is 10.1. The molecule has 2 aliphatic heterocycles. The molecule has 1 amide bonds. The van der Waals surface area contributed by atoms with Gasteiger partial charge in [0.05, 0.1) is 9.95 Å². The average molecular weight is 479 g/mol. The Kier molecular flexibility index (Phi) is 6.36. The van der Waals surface area contributed by atoms with E-state index in [1.807, 2.05) is 0 Å². The van der Waals surface area contributed by atoms with Crippen molar-refractivity contribution in [3.05, 3.63) is 63.2 Å². The molecule has 2 fully saturated rings. The van der Waals surface area contributed by atoms with Gasteiger partial charge in [0, 0.05) is 62.7 Å². The second-order valence-electron chi connectivity index (χ2n) is 7.81. The number of benzene rings is 2. The Balaban J connectivity index is 1.46. The molecular formula is C21H23ClN4O5S. The van der Waals surface area contributed by atoms with Gasteiger partial charge in [-0.25, -0.2) is 8.42 Å². The van der Waals surface area contributed by atoms with Crippen molar-refractivity contribution < 1.29 is 18.1 Å². The summed E-state index contributed by atoms with van der Waals surface area (Å²) in [7, 11) is -3.74. The normalized spacial score (nSPS) is 17.5. The maximum Gasteiger partial charge on any atom is 0.269 e. The largest absolute Gasteiger partial charge is 0.368 e. The van der Waals surface area contributed by atoms with Crippen molar-refractivity contribution in [2.45, 2.75) is 17.7 Å². The van der Waals surface area contributed by atoms with Crippen LogP contribution in [0.3, 0.4) is 0 Å². The lowest BCUT2D eigenvalue weighted by Crippen LogP contribution is -2.48. The Labute approximate surface area is 191 Å². The van der Waals surface area contributed by atoms with Crippen molar-refractivity contribution >= 4 is 38.9 Å². The first-order valence-corrected chi connectivity index (χ1v) is 12.2. The fraction of sp³-hybridized carbons (Fsp3) is 0.381. The number of nitro benzene ring substituents is 1. The average Bonchev–Trinajstić information content (AvgIpc) is 3.35. The van der Waals surface area contributed by atoms with Crippen molar-refractivity contribution in [1.82, 2.24) is 9.21 Å². The SMILES string of the molecule is O=C(c1ccc(Cl)c(S(=O)(=O)N2CCCC2)c1)N1CCN(c2ccc([N+](=O)[O-])cc2)CC1. The summed E-state index contributed by atoms with van der Waals surface area (Å²) in [4.78, 5) is 27.1. The van der Waals surface area contributed by atoms with Gasteiger partial charge in [0.15, 0.2) is 0 Å². The molecule has 0 bridgehead atoms. The van der Waals surface area contributed by atoms with Gasteiger partial charge >= 0.3 is 0 Å². The highest BCUT2D eigenvalue weighted by Crippen LogP contribution is 2.29. The Morgan fingerprint density at radius 2 is 1.56 bits per heavy atom. The molecule has 0 saturated carbocycles. The van der Waals surface area contributed by atoms with Crippen molar-refractivity contribution in [3.8, 4) is 0 Å². The van der Waals surface area contributed by atoms with Gasteiger partial charge < -0.3 is 9.80 Å². The predicted molar refractivity (Wildman–Crippen MR) is 121 cm³/mol. The number of halogens is 1. The zero-order valence-corrected chi connectivity index (χ0v) is 18.9. The molecule has 0 radical (unpaired) electrons. The highest BCUT2D eigenvalue weighted by atomic mass is 35.5. The monoisotopic (exact) mass is 478 g/mol. The van der Waals surface area contributed by atoms with Crippen LogP contribution in [0, 0.1) is 10.1 Å². The minimum absolute atomic E-state index is 0.0311. The summed E-state index contributed by atoms with van der Waals surface area (Å²) in [6, 6.07) is 10.7. The molecule has 0 atom stereocenters. The number of anilines is 1. The van der Waals surface area contributed by atoms with Gasteiger partial charge in [-0.05, 0) is 43.2 Å². The molecule has 2 heterocycles. The van der Waals surface area contributed by atoms with Crippen LogP contribution in [0.5, 0.6) is 0 Å². The van der Waals surface area contributed by atoms with Crippen LogP contribution in [-0.2, 0) is 10.0 Å². The second kappa shape index (κ2) is 9.05. The van der Waals surface area contributed by atoms with E-state index < -0.39 is 14.9 Å². The summed E-state index contributed by atoms with van der Waals surface area (Å²) in [5, 5.41) is 10.9. The van der Waals surface area contributed by atoms with E-state index in [9.17, 15) is 23.3 Å². The van der Waals surface area contributed by atoms with E-state index in [0.717, 1.165) is 18.5 Å². The molecule has 32 heavy (non-hydrogen) atoms. The van der Waals surface area contributed by atoms with Crippen LogP contribution in [0.2, 0.25) is 5.02 Å². The Hall–Kier alpha value is -2.69. The zero-order valence-electron chi connectivity index (χ0n) is 17.3. The van der Waals surface area contributed by atoms with Crippen molar-refractivity contribution in [3.63, 3.8) is 0 Å². The summed E-state index contributed by atoms with van der Waals surface area (Å²) >= 11 is 6.19. The van der Waals surface area contributed by atoms with Crippen molar-refractivity contribution in [1.29, 1.82) is 0 Å². The lowest BCUT2D eigenvalue weighted by Gasteiger charge is -2.36. The lowest BCUT2D eigenvalue weighted by molar-refractivity contribution is -0.384. The van der Waals surface area contributed by atoms with E-state index in [4.69, 9.17) is 11.6 Å². The molecule has 11 heteroatoms. The van der Waals surface area contributed by atoms with Crippen molar-refractivity contribution in [2.24, 2.45) is 0 Å². The Morgan fingerprint density at radius 3 is 2.16 bits per heavy atom. The molecule has 0 N–H and O–H groups in total. The number of non-ortho nitro benzene ring substituents is 1. The van der Waals surface area contributed by atoms with Gasteiger partial charge in [-0.15, -0.1) is 0 Å². The number of sulfonamides is 1. The molecule has 4 rings (SSSR count). The second-order valence-corrected chi connectivity index (χ2v) is 10.1. The fourth-order valence-electron chi connectivity index (χ4n) is 4.04. The molecule has 170 valence electrons. The van der Waals surface area contributed by atoms with Gasteiger partial charge in [-0.2, -0.15) is 4.31 Å². The maximum absolute atomic E-state index is 13.1.